The average molecular weight is 374 g/mol. The van der Waals surface area contributed by atoms with Crippen LogP contribution >= 0.6 is 0 Å². The number of anilines is 3. The van der Waals surface area contributed by atoms with Gasteiger partial charge in [-0.2, -0.15) is 10.1 Å². The van der Waals surface area contributed by atoms with Gasteiger partial charge in [0.15, 0.2) is 17.5 Å². The van der Waals surface area contributed by atoms with Crippen LogP contribution in [-0.2, 0) is 6.61 Å². The van der Waals surface area contributed by atoms with Crippen LogP contribution in [0.3, 0.4) is 0 Å². The maximum absolute atomic E-state index is 14.6. The van der Waals surface area contributed by atoms with E-state index in [1.807, 2.05) is 6.92 Å². The Morgan fingerprint density at radius 1 is 1.33 bits per heavy atom. The first-order valence-corrected chi connectivity index (χ1v) is 9.40. The van der Waals surface area contributed by atoms with Gasteiger partial charge in [-0.1, -0.05) is 0 Å². The monoisotopic (exact) mass is 374 g/mol. The fraction of sp³-hybridized carbons (Fsp3) is 0.611. The molecule has 144 valence electrons. The summed E-state index contributed by atoms with van der Waals surface area (Å²) in [6.45, 7) is 1.32. The van der Waals surface area contributed by atoms with E-state index in [-0.39, 0.29) is 29.4 Å². The van der Waals surface area contributed by atoms with Crippen molar-refractivity contribution in [3.05, 3.63) is 23.3 Å². The highest BCUT2D eigenvalue weighted by Gasteiger charge is 2.62. The number of aliphatic hydroxyl groups excluding tert-OH is 1. The van der Waals surface area contributed by atoms with Crippen LogP contribution in [0.15, 0.2) is 6.07 Å². The summed E-state index contributed by atoms with van der Waals surface area (Å²) >= 11 is 0. The molecule has 6 rings (SSSR count). The van der Waals surface area contributed by atoms with Crippen molar-refractivity contribution in [2.75, 3.05) is 10.6 Å². The van der Waals surface area contributed by atoms with Crippen molar-refractivity contribution in [1.29, 1.82) is 0 Å². The highest BCUT2D eigenvalue weighted by atomic mass is 19.1. The number of rotatable bonds is 5. The molecule has 5 unspecified atom stereocenters. The lowest BCUT2D eigenvalue weighted by Crippen LogP contribution is -2.37. The lowest BCUT2D eigenvalue weighted by molar-refractivity contribution is 0.00988. The Morgan fingerprint density at radius 2 is 2.19 bits per heavy atom. The van der Waals surface area contributed by atoms with Gasteiger partial charge in [-0.05, 0) is 44.4 Å². The van der Waals surface area contributed by atoms with Gasteiger partial charge in [0.1, 0.15) is 5.69 Å². The summed E-state index contributed by atoms with van der Waals surface area (Å²) in [4.78, 5) is 8.44. The number of aliphatic hydroxyl groups is 2. The van der Waals surface area contributed by atoms with Crippen LogP contribution in [0.4, 0.5) is 22.0 Å². The second-order valence-electron chi connectivity index (χ2n) is 8.26. The van der Waals surface area contributed by atoms with E-state index in [1.165, 1.54) is 0 Å². The van der Waals surface area contributed by atoms with E-state index < -0.39 is 18.0 Å². The van der Waals surface area contributed by atoms with Crippen molar-refractivity contribution < 1.29 is 14.6 Å². The summed E-state index contributed by atoms with van der Waals surface area (Å²) < 4.78 is 14.6. The standard InChI is InChI=1S/C18H23FN6O2/c1-8-2-13(25-24-8)21-16-14(19)12(7-26)20-17(23-16)22-15-10-3-9-4-11(15)18(27,5-9)6-10/h2,9-11,15,26-27H,3-7H2,1H3,(H3,20,21,22,23,24,25). The van der Waals surface area contributed by atoms with Crippen molar-refractivity contribution in [2.45, 2.75) is 50.9 Å². The van der Waals surface area contributed by atoms with Gasteiger partial charge in [0.2, 0.25) is 5.95 Å². The maximum atomic E-state index is 14.6. The van der Waals surface area contributed by atoms with E-state index >= 15 is 0 Å². The van der Waals surface area contributed by atoms with Crippen LogP contribution in [-0.4, -0.2) is 42.0 Å². The van der Waals surface area contributed by atoms with Crippen LogP contribution in [0, 0.1) is 30.5 Å². The van der Waals surface area contributed by atoms with Gasteiger partial charge in [-0.25, -0.2) is 9.37 Å². The highest BCUT2D eigenvalue weighted by molar-refractivity contribution is 5.55. The summed E-state index contributed by atoms with van der Waals surface area (Å²) in [6, 6.07) is 1.81. The minimum Gasteiger partial charge on any atom is -0.390 e. The van der Waals surface area contributed by atoms with Crippen molar-refractivity contribution in [1.82, 2.24) is 20.2 Å². The van der Waals surface area contributed by atoms with E-state index in [1.54, 1.807) is 6.07 Å². The van der Waals surface area contributed by atoms with Gasteiger partial charge < -0.3 is 20.8 Å². The molecule has 0 saturated heterocycles. The van der Waals surface area contributed by atoms with Crippen LogP contribution in [0.5, 0.6) is 0 Å². The minimum atomic E-state index is -0.698. The summed E-state index contributed by atoms with van der Waals surface area (Å²) in [5.74, 6) is 1.14. The minimum absolute atomic E-state index is 0.0331. The van der Waals surface area contributed by atoms with Crippen molar-refractivity contribution in [3.8, 4) is 0 Å². The second-order valence-corrected chi connectivity index (χ2v) is 8.26. The summed E-state index contributed by atoms with van der Waals surface area (Å²) in [5.41, 5.74) is 0.172. The molecule has 2 aromatic heterocycles. The summed E-state index contributed by atoms with van der Waals surface area (Å²) in [6.07, 6.45) is 3.79. The molecular formula is C18H23FN6O2. The third-order valence-electron chi connectivity index (χ3n) is 6.43. The first kappa shape index (κ1) is 16.9. The van der Waals surface area contributed by atoms with Gasteiger partial charge in [0, 0.05) is 23.7 Å². The lowest BCUT2D eigenvalue weighted by atomic mass is 9.79. The van der Waals surface area contributed by atoms with Crippen LogP contribution < -0.4 is 10.6 Å². The first-order chi connectivity index (χ1) is 12.9. The Labute approximate surface area is 155 Å². The average Bonchev–Trinajstić information content (AvgIpc) is 3.19. The normalized spacial score (nSPS) is 33.6. The van der Waals surface area contributed by atoms with E-state index in [0.29, 0.717) is 17.7 Å². The van der Waals surface area contributed by atoms with Crippen molar-refractivity contribution in [3.63, 3.8) is 0 Å². The quantitative estimate of drug-likeness (QED) is 0.542. The molecule has 4 saturated carbocycles. The topological polar surface area (TPSA) is 119 Å². The van der Waals surface area contributed by atoms with Crippen LogP contribution in [0.25, 0.3) is 0 Å². The molecule has 0 amide bonds. The molecule has 8 nitrogen and oxygen atoms in total. The molecule has 5 atom stereocenters. The molecule has 4 bridgehead atoms. The van der Waals surface area contributed by atoms with Gasteiger partial charge in [0.25, 0.3) is 0 Å². The number of hydrogen-bond donors (Lipinski definition) is 5. The molecule has 27 heavy (non-hydrogen) atoms. The molecule has 0 aromatic carbocycles. The van der Waals surface area contributed by atoms with E-state index in [2.05, 4.69) is 30.8 Å². The molecule has 5 N–H and O–H groups in total. The third-order valence-corrected chi connectivity index (χ3v) is 6.43. The summed E-state index contributed by atoms with van der Waals surface area (Å²) in [5, 5.41) is 33.4. The van der Waals surface area contributed by atoms with Crippen LogP contribution in [0.1, 0.15) is 37.1 Å². The molecule has 2 heterocycles. The van der Waals surface area contributed by atoms with Crippen molar-refractivity contribution >= 4 is 17.6 Å². The number of nitrogens with zero attached hydrogens (tertiary/aromatic N) is 3. The zero-order valence-electron chi connectivity index (χ0n) is 15.0. The Balaban J connectivity index is 1.43. The van der Waals surface area contributed by atoms with E-state index in [0.717, 1.165) is 31.4 Å². The molecule has 4 aliphatic rings. The van der Waals surface area contributed by atoms with Gasteiger partial charge >= 0.3 is 0 Å². The Hall–Kier alpha value is -2.26. The molecule has 0 spiro atoms. The van der Waals surface area contributed by atoms with Crippen LogP contribution in [0.2, 0.25) is 0 Å². The predicted octanol–water partition coefficient (Wildman–Crippen LogP) is 1.84. The Morgan fingerprint density at radius 3 is 2.89 bits per heavy atom. The first-order valence-electron chi connectivity index (χ1n) is 9.40. The largest absolute Gasteiger partial charge is 0.390 e. The third kappa shape index (κ3) is 2.68. The Bertz CT molecular complexity index is 889. The molecule has 9 heteroatoms. The summed E-state index contributed by atoms with van der Waals surface area (Å²) in [7, 11) is 0. The number of aryl methyl sites for hydroxylation is 1. The van der Waals surface area contributed by atoms with Gasteiger partial charge in [0.05, 0.1) is 12.2 Å². The zero-order valence-corrected chi connectivity index (χ0v) is 15.0. The molecule has 2 aromatic rings. The molecule has 4 fully saturated rings. The molecule has 4 aliphatic carbocycles. The number of H-pyrrole nitrogens is 1. The SMILES string of the molecule is Cc1cc(Nc2nc(NC3C4CC5CC3C(O)(C5)C4)nc(CO)c2F)n[nH]1. The number of nitrogens with one attached hydrogen (secondary N) is 3. The number of halogens is 1. The van der Waals surface area contributed by atoms with E-state index in [9.17, 15) is 14.6 Å². The van der Waals surface area contributed by atoms with E-state index in [4.69, 9.17) is 0 Å². The Kier molecular flexibility index (Phi) is 3.67. The van der Waals surface area contributed by atoms with Gasteiger partial charge in [-0.15, -0.1) is 0 Å². The predicted molar refractivity (Wildman–Crippen MR) is 95.8 cm³/mol. The number of aromatic amines is 1. The molecule has 0 aliphatic heterocycles. The zero-order chi connectivity index (χ0) is 18.8. The lowest BCUT2D eigenvalue weighted by Gasteiger charge is -2.32. The van der Waals surface area contributed by atoms with Crippen molar-refractivity contribution in [2.24, 2.45) is 17.8 Å². The number of hydrogen-bond acceptors (Lipinski definition) is 7. The molecule has 0 radical (unpaired) electrons. The van der Waals surface area contributed by atoms with Gasteiger partial charge in [-0.3, -0.25) is 5.10 Å². The highest BCUT2D eigenvalue weighted by Crippen LogP contribution is 2.60. The fourth-order valence-corrected chi connectivity index (χ4v) is 5.49. The maximum Gasteiger partial charge on any atom is 0.225 e. The smallest absolute Gasteiger partial charge is 0.225 e. The second kappa shape index (κ2) is 5.87. The molecular weight excluding hydrogens is 351 g/mol. The fourth-order valence-electron chi connectivity index (χ4n) is 5.49. The number of aromatic nitrogens is 4.